The lowest BCUT2D eigenvalue weighted by Gasteiger charge is -2.39. The number of benzene rings is 1. The standard InChI is InChI=1S/C14H16N2O3.C12H10N4OS.C2H6/c1-11-9-15(7-8-16(11)13(18)10-17)14(19)12-5-3-2-4-6-12;17-11(16-12-15-6-7-18-12)8-3-5-13-9-2-1-4-14-10(8)9;1-2/h2-6,10-11H,7-9H2,1H3;1-3,5-7,14H,4H2,(H,15,16,17);1-2H3/t11-;;/m1../s1. The first-order valence-corrected chi connectivity index (χ1v) is 13.6. The quantitative estimate of drug-likeness (QED) is 0.375. The number of aldehydes is 1. The van der Waals surface area contributed by atoms with Crippen molar-refractivity contribution in [2.24, 2.45) is 0 Å². The number of nitrogens with one attached hydrogen (secondary N) is 2. The third kappa shape index (κ3) is 7.57. The molecule has 0 unspecified atom stereocenters. The van der Waals surface area contributed by atoms with Gasteiger partial charge in [0.25, 0.3) is 17.7 Å². The van der Waals surface area contributed by atoms with Gasteiger partial charge in [-0.1, -0.05) is 38.1 Å². The first-order chi connectivity index (χ1) is 19.0. The van der Waals surface area contributed by atoms with Gasteiger partial charge in [-0.15, -0.1) is 11.3 Å². The van der Waals surface area contributed by atoms with E-state index in [1.165, 1.54) is 16.2 Å². The van der Waals surface area contributed by atoms with Gasteiger partial charge in [0.1, 0.15) is 0 Å². The highest BCUT2D eigenvalue weighted by Gasteiger charge is 2.29. The molecule has 11 heteroatoms. The van der Waals surface area contributed by atoms with Gasteiger partial charge < -0.3 is 15.1 Å². The summed E-state index contributed by atoms with van der Waals surface area (Å²) in [5.41, 5.74) is 2.78. The van der Waals surface area contributed by atoms with Crippen LogP contribution in [0.15, 0.2) is 60.2 Å². The SMILES string of the molecule is CC.C[C@@H]1CN(C(=O)c2ccccc2)CCN1C(=O)C=O.O=C(Nc1nccs1)c1ccnc2c1NCC=C2. The number of amides is 3. The second-order valence-electron chi connectivity index (χ2n) is 8.31. The minimum Gasteiger partial charge on any atom is -0.379 e. The number of carbonyl (C=O) groups is 4. The summed E-state index contributed by atoms with van der Waals surface area (Å²) in [4.78, 5) is 57.8. The number of hydrogen-bond donors (Lipinski definition) is 2. The maximum atomic E-state index is 12.2. The fourth-order valence-corrected chi connectivity index (χ4v) is 4.58. The molecular formula is C28H32N6O4S. The van der Waals surface area contributed by atoms with Crippen LogP contribution < -0.4 is 10.6 Å². The largest absolute Gasteiger partial charge is 0.379 e. The van der Waals surface area contributed by atoms with E-state index in [1.54, 1.807) is 35.5 Å². The van der Waals surface area contributed by atoms with Crippen LogP contribution >= 0.6 is 11.3 Å². The third-order valence-electron chi connectivity index (χ3n) is 5.87. The highest BCUT2D eigenvalue weighted by molar-refractivity contribution is 7.13. The Balaban J connectivity index is 0.000000203. The Morgan fingerprint density at radius 2 is 1.85 bits per heavy atom. The van der Waals surface area contributed by atoms with Crippen LogP contribution in [0.25, 0.3) is 6.08 Å². The predicted molar refractivity (Wildman–Crippen MR) is 153 cm³/mol. The van der Waals surface area contributed by atoms with Crippen molar-refractivity contribution in [2.45, 2.75) is 26.8 Å². The lowest BCUT2D eigenvalue weighted by atomic mass is 10.1. The first-order valence-electron chi connectivity index (χ1n) is 12.7. The second kappa shape index (κ2) is 14.5. The van der Waals surface area contributed by atoms with Crippen molar-refractivity contribution >= 4 is 52.2 Å². The van der Waals surface area contributed by atoms with Crippen molar-refractivity contribution in [1.29, 1.82) is 0 Å². The molecular weight excluding hydrogens is 516 g/mol. The molecule has 10 nitrogen and oxygen atoms in total. The van der Waals surface area contributed by atoms with Gasteiger partial charge in [0, 0.05) is 55.6 Å². The van der Waals surface area contributed by atoms with E-state index in [4.69, 9.17) is 0 Å². The highest BCUT2D eigenvalue weighted by atomic mass is 32.1. The topological polar surface area (TPSA) is 125 Å². The zero-order valence-corrected chi connectivity index (χ0v) is 23.0. The van der Waals surface area contributed by atoms with Crippen LogP contribution in [-0.4, -0.2) is 76.0 Å². The van der Waals surface area contributed by atoms with Crippen LogP contribution in [0.4, 0.5) is 10.8 Å². The summed E-state index contributed by atoms with van der Waals surface area (Å²) in [5, 5.41) is 8.34. The van der Waals surface area contributed by atoms with E-state index >= 15 is 0 Å². The molecule has 4 heterocycles. The fourth-order valence-electron chi connectivity index (χ4n) is 4.06. The summed E-state index contributed by atoms with van der Waals surface area (Å²) in [5.74, 6) is -0.726. The minimum absolute atomic E-state index is 0.0364. The van der Waals surface area contributed by atoms with E-state index in [2.05, 4.69) is 20.6 Å². The van der Waals surface area contributed by atoms with E-state index in [-0.39, 0.29) is 17.9 Å². The van der Waals surface area contributed by atoms with Gasteiger partial charge in [0.15, 0.2) is 5.13 Å². The molecule has 3 amide bonds. The normalized spacial score (nSPS) is 15.3. The summed E-state index contributed by atoms with van der Waals surface area (Å²) in [6.45, 7) is 7.85. The van der Waals surface area contributed by atoms with Crippen molar-refractivity contribution in [3.63, 3.8) is 0 Å². The molecule has 0 saturated carbocycles. The number of piperazine rings is 1. The number of pyridine rings is 1. The maximum Gasteiger partial charge on any atom is 0.287 e. The van der Waals surface area contributed by atoms with Gasteiger partial charge in [-0.05, 0) is 31.2 Å². The number of nitrogens with zero attached hydrogens (tertiary/aromatic N) is 4. The van der Waals surface area contributed by atoms with Crippen LogP contribution in [0.5, 0.6) is 0 Å². The number of fused-ring (bicyclic) bond motifs is 1. The molecule has 1 saturated heterocycles. The molecule has 1 aromatic carbocycles. The zero-order chi connectivity index (χ0) is 28.2. The molecule has 39 heavy (non-hydrogen) atoms. The molecule has 5 rings (SSSR count). The molecule has 0 bridgehead atoms. The Kier molecular flexibility index (Phi) is 10.9. The van der Waals surface area contributed by atoms with E-state index in [9.17, 15) is 19.2 Å². The second-order valence-corrected chi connectivity index (χ2v) is 9.20. The van der Waals surface area contributed by atoms with Crippen molar-refractivity contribution in [1.82, 2.24) is 19.8 Å². The Bertz CT molecular complexity index is 1300. The number of carbonyl (C=O) groups excluding carboxylic acids is 4. The Morgan fingerprint density at radius 1 is 1.08 bits per heavy atom. The third-order valence-corrected chi connectivity index (χ3v) is 6.56. The van der Waals surface area contributed by atoms with E-state index in [1.807, 2.05) is 56.5 Å². The lowest BCUT2D eigenvalue weighted by molar-refractivity contribution is -0.141. The van der Waals surface area contributed by atoms with Crippen LogP contribution in [0.2, 0.25) is 0 Å². The average molecular weight is 549 g/mol. The molecule has 0 aliphatic carbocycles. The number of thiazole rings is 1. The molecule has 2 aliphatic rings. The number of hydrogen-bond acceptors (Lipinski definition) is 8. The molecule has 1 atom stereocenters. The van der Waals surface area contributed by atoms with E-state index in [0.29, 0.717) is 48.7 Å². The van der Waals surface area contributed by atoms with Crippen molar-refractivity contribution in [3.05, 3.63) is 77.1 Å². The fraction of sp³-hybridized carbons (Fsp3) is 0.286. The van der Waals surface area contributed by atoms with Crippen LogP contribution in [0.3, 0.4) is 0 Å². The highest BCUT2D eigenvalue weighted by Crippen LogP contribution is 2.24. The molecule has 204 valence electrons. The van der Waals surface area contributed by atoms with Gasteiger partial charge in [0.05, 0.1) is 16.9 Å². The Morgan fingerprint density at radius 3 is 2.51 bits per heavy atom. The van der Waals surface area contributed by atoms with Crippen LogP contribution in [0.1, 0.15) is 47.2 Å². The zero-order valence-electron chi connectivity index (χ0n) is 22.2. The Labute approximate surface area is 231 Å². The van der Waals surface area contributed by atoms with Crippen LogP contribution in [0, 0.1) is 0 Å². The molecule has 2 N–H and O–H groups in total. The lowest BCUT2D eigenvalue weighted by Crippen LogP contribution is -2.55. The van der Waals surface area contributed by atoms with Crippen molar-refractivity contribution < 1.29 is 19.2 Å². The summed E-state index contributed by atoms with van der Waals surface area (Å²) in [7, 11) is 0. The molecule has 0 spiro atoms. The van der Waals surface area contributed by atoms with Crippen molar-refractivity contribution in [3.8, 4) is 0 Å². The summed E-state index contributed by atoms with van der Waals surface area (Å²) in [6, 6.07) is 10.6. The molecule has 0 radical (unpaired) electrons. The van der Waals surface area contributed by atoms with Gasteiger partial charge in [-0.2, -0.15) is 0 Å². The Hall–Kier alpha value is -4.38. The summed E-state index contributed by atoms with van der Waals surface area (Å²) >= 11 is 1.39. The monoisotopic (exact) mass is 548 g/mol. The smallest absolute Gasteiger partial charge is 0.287 e. The van der Waals surface area contributed by atoms with Crippen LogP contribution in [-0.2, 0) is 9.59 Å². The predicted octanol–water partition coefficient (Wildman–Crippen LogP) is 3.81. The van der Waals surface area contributed by atoms with Gasteiger partial charge in [0.2, 0.25) is 6.29 Å². The summed E-state index contributed by atoms with van der Waals surface area (Å²) in [6.07, 6.45) is 7.49. The van der Waals surface area contributed by atoms with Gasteiger partial charge >= 0.3 is 0 Å². The molecule has 2 aliphatic heterocycles. The van der Waals surface area contributed by atoms with E-state index in [0.717, 1.165) is 11.4 Å². The number of aromatic nitrogens is 2. The van der Waals surface area contributed by atoms with Gasteiger partial charge in [-0.25, -0.2) is 4.98 Å². The van der Waals surface area contributed by atoms with Crippen molar-refractivity contribution in [2.75, 3.05) is 36.8 Å². The number of anilines is 2. The van der Waals surface area contributed by atoms with Gasteiger partial charge in [-0.3, -0.25) is 29.5 Å². The minimum atomic E-state index is -0.515. The molecule has 1 fully saturated rings. The van der Waals surface area contributed by atoms with E-state index < -0.39 is 5.91 Å². The summed E-state index contributed by atoms with van der Waals surface area (Å²) < 4.78 is 0. The first kappa shape index (κ1) is 29.2. The average Bonchev–Trinajstić information content (AvgIpc) is 3.51. The molecule has 3 aromatic rings. The number of rotatable bonds is 4. The molecule has 2 aromatic heterocycles. The maximum absolute atomic E-state index is 12.2.